The Labute approximate surface area is 161 Å². The number of methoxy groups -OCH3 is 1. The zero-order chi connectivity index (χ0) is 19.3. The summed E-state index contributed by atoms with van der Waals surface area (Å²) in [5.41, 5.74) is 1.04. The van der Waals surface area contributed by atoms with Crippen LogP contribution in [0.1, 0.15) is 23.3 Å². The van der Waals surface area contributed by atoms with Gasteiger partial charge in [-0.1, -0.05) is 5.16 Å². The molecule has 0 N–H and O–H groups in total. The molecule has 4 heterocycles. The Morgan fingerprint density at radius 3 is 3.07 bits per heavy atom. The molecule has 0 saturated carbocycles. The summed E-state index contributed by atoms with van der Waals surface area (Å²) < 4.78 is 16.2. The molecule has 1 amide bonds. The van der Waals surface area contributed by atoms with Gasteiger partial charge in [0.2, 0.25) is 5.88 Å². The molecule has 1 saturated heterocycles. The highest BCUT2D eigenvalue weighted by molar-refractivity contribution is 5.93. The third-order valence-corrected chi connectivity index (χ3v) is 4.42. The molecular weight excluding hydrogens is 362 g/mol. The van der Waals surface area contributed by atoms with Crippen LogP contribution in [-0.4, -0.2) is 57.2 Å². The first kappa shape index (κ1) is 17.9. The number of likely N-dealkylation sites (tertiary alicyclic amines) is 1. The van der Waals surface area contributed by atoms with Gasteiger partial charge in [0.15, 0.2) is 11.5 Å². The van der Waals surface area contributed by atoms with Crippen LogP contribution in [0.3, 0.4) is 0 Å². The van der Waals surface area contributed by atoms with Gasteiger partial charge in [-0.05, 0) is 25.0 Å². The number of hydrogen-bond donors (Lipinski definition) is 0. The maximum atomic E-state index is 12.8. The topological polar surface area (TPSA) is 103 Å². The van der Waals surface area contributed by atoms with Gasteiger partial charge >= 0.3 is 6.01 Å². The monoisotopic (exact) mass is 381 g/mol. The van der Waals surface area contributed by atoms with Crippen molar-refractivity contribution < 1.29 is 18.8 Å². The molecule has 1 aliphatic rings. The molecule has 1 unspecified atom stereocenters. The lowest BCUT2D eigenvalue weighted by Crippen LogP contribution is -2.44. The molecule has 28 heavy (non-hydrogen) atoms. The van der Waals surface area contributed by atoms with Crippen molar-refractivity contribution >= 4 is 5.91 Å². The van der Waals surface area contributed by atoms with E-state index >= 15 is 0 Å². The van der Waals surface area contributed by atoms with Crippen molar-refractivity contribution in [3.8, 4) is 23.2 Å². The Bertz CT molecular complexity index is 946. The number of pyridine rings is 1. The fraction of sp³-hybridized carbons (Fsp3) is 0.316. The molecule has 0 spiro atoms. The maximum Gasteiger partial charge on any atom is 0.319 e. The fourth-order valence-electron chi connectivity index (χ4n) is 3.06. The van der Waals surface area contributed by atoms with Crippen molar-refractivity contribution in [1.82, 2.24) is 25.0 Å². The third-order valence-electron chi connectivity index (χ3n) is 4.42. The predicted octanol–water partition coefficient (Wildman–Crippen LogP) is 2.22. The number of rotatable bonds is 5. The number of carbonyl (C=O) groups excluding carboxylic acids is 1. The summed E-state index contributed by atoms with van der Waals surface area (Å²) in [4.78, 5) is 26.7. The van der Waals surface area contributed by atoms with E-state index in [-0.39, 0.29) is 23.7 Å². The average Bonchev–Trinajstić information content (AvgIpc) is 3.24. The SMILES string of the molecule is COc1nccc(OC2CCCN(C(=O)c3cc(-c4cccnc4)on3)C2)n1. The van der Waals surface area contributed by atoms with Crippen molar-refractivity contribution in [3.05, 3.63) is 48.5 Å². The molecule has 3 aromatic heterocycles. The van der Waals surface area contributed by atoms with Gasteiger partial charge in [-0.2, -0.15) is 4.98 Å². The number of hydrogen-bond acceptors (Lipinski definition) is 8. The van der Waals surface area contributed by atoms with Crippen LogP contribution in [0.5, 0.6) is 11.9 Å². The van der Waals surface area contributed by atoms with Gasteiger partial charge in [0.25, 0.3) is 5.91 Å². The summed E-state index contributed by atoms with van der Waals surface area (Å²) in [7, 11) is 1.50. The average molecular weight is 381 g/mol. The number of carbonyl (C=O) groups is 1. The molecule has 9 nitrogen and oxygen atoms in total. The second kappa shape index (κ2) is 8.03. The quantitative estimate of drug-likeness (QED) is 0.663. The minimum atomic E-state index is -0.188. The summed E-state index contributed by atoms with van der Waals surface area (Å²) in [6.07, 6.45) is 6.40. The summed E-state index contributed by atoms with van der Waals surface area (Å²) in [6, 6.07) is 7.20. The molecule has 144 valence electrons. The van der Waals surface area contributed by atoms with E-state index in [9.17, 15) is 4.79 Å². The normalized spacial score (nSPS) is 16.6. The number of amides is 1. The number of aromatic nitrogens is 4. The van der Waals surface area contributed by atoms with E-state index < -0.39 is 0 Å². The molecule has 9 heteroatoms. The van der Waals surface area contributed by atoms with Gasteiger partial charge in [0.05, 0.1) is 13.7 Å². The first-order valence-corrected chi connectivity index (χ1v) is 8.93. The number of ether oxygens (including phenoxy) is 2. The van der Waals surface area contributed by atoms with Crippen LogP contribution in [0, 0.1) is 0 Å². The first-order valence-electron chi connectivity index (χ1n) is 8.93. The largest absolute Gasteiger partial charge is 0.472 e. The van der Waals surface area contributed by atoms with Gasteiger partial charge < -0.3 is 18.9 Å². The van der Waals surface area contributed by atoms with E-state index in [1.54, 1.807) is 41.7 Å². The summed E-state index contributed by atoms with van der Waals surface area (Å²) >= 11 is 0. The molecule has 0 bridgehead atoms. The minimum absolute atomic E-state index is 0.165. The smallest absolute Gasteiger partial charge is 0.319 e. The van der Waals surface area contributed by atoms with E-state index in [4.69, 9.17) is 14.0 Å². The lowest BCUT2D eigenvalue weighted by molar-refractivity contribution is 0.0517. The highest BCUT2D eigenvalue weighted by Crippen LogP contribution is 2.22. The lowest BCUT2D eigenvalue weighted by atomic mass is 10.1. The summed E-state index contributed by atoms with van der Waals surface area (Å²) in [5, 5.41) is 3.93. The second-order valence-corrected chi connectivity index (χ2v) is 6.33. The van der Waals surface area contributed by atoms with Crippen molar-refractivity contribution in [1.29, 1.82) is 0 Å². The van der Waals surface area contributed by atoms with Crippen molar-refractivity contribution in [2.75, 3.05) is 20.2 Å². The number of piperidine rings is 1. The molecule has 4 rings (SSSR count). The van der Waals surface area contributed by atoms with Crippen molar-refractivity contribution in [2.45, 2.75) is 18.9 Å². The van der Waals surface area contributed by atoms with Crippen molar-refractivity contribution in [3.63, 3.8) is 0 Å². The highest BCUT2D eigenvalue weighted by atomic mass is 16.5. The molecule has 0 aliphatic carbocycles. The van der Waals surface area contributed by atoms with Crippen molar-refractivity contribution in [2.24, 2.45) is 0 Å². The molecule has 1 fully saturated rings. The minimum Gasteiger partial charge on any atom is -0.472 e. The van der Waals surface area contributed by atoms with Gasteiger partial charge in [0, 0.05) is 42.8 Å². The van der Waals surface area contributed by atoms with Crippen LogP contribution < -0.4 is 9.47 Å². The Hall–Kier alpha value is -3.49. The Balaban J connectivity index is 1.43. The fourth-order valence-corrected chi connectivity index (χ4v) is 3.06. The van der Waals surface area contributed by atoms with Crippen LogP contribution >= 0.6 is 0 Å². The van der Waals surface area contributed by atoms with Gasteiger partial charge in [0.1, 0.15) is 6.10 Å². The summed E-state index contributed by atoms with van der Waals surface area (Å²) in [5.74, 6) is 0.744. The van der Waals surface area contributed by atoms with Crippen LogP contribution in [0.2, 0.25) is 0 Å². The van der Waals surface area contributed by atoms with E-state index in [1.807, 2.05) is 6.07 Å². The van der Waals surface area contributed by atoms with E-state index in [0.29, 0.717) is 24.7 Å². The second-order valence-electron chi connectivity index (χ2n) is 6.33. The zero-order valence-electron chi connectivity index (χ0n) is 15.3. The van der Waals surface area contributed by atoms with E-state index in [0.717, 1.165) is 18.4 Å². The molecular formula is C19H19N5O4. The molecule has 3 aromatic rings. The van der Waals surface area contributed by atoms with Gasteiger partial charge in [-0.25, -0.2) is 4.98 Å². The predicted molar refractivity (Wildman–Crippen MR) is 97.9 cm³/mol. The van der Waals surface area contributed by atoms with Crippen LogP contribution in [-0.2, 0) is 0 Å². The maximum absolute atomic E-state index is 12.8. The van der Waals surface area contributed by atoms with E-state index in [1.165, 1.54) is 7.11 Å². The first-order chi connectivity index (χ1) is 13.7. The third kappa shape index (κ3) is 3.93. The molecule has 0 radical (unpaired) electrons. The summed E-state index contributed by atoms with van der Waals surface area (Å²) in [6.45, 7) is 1.08. The lowest BCUT2D eigenvalue weighted by Gasteiger charge is -2.32. The van der Waals surface area contributed by atoms with Crippen LogP contribution in [0.15, 0.2) is 47.4 Å². The highest BCUT2D eigenvalue weighted by Gasteiger charge is 2.28. The standard InChI is InChI=1S/C19H19N5O4/c1-26-19-21-8-6-17(22-19)27-14-5-3-9-24(12-14)18(25)15-10-16(28-23-15)13-4-2-7-20-11-13/h2,4,6-8,10-11,14H,3,5,9,12H2,1H3. The van der Waals surface area contributed by atoms with Crippen LogP contribution in [0.4, 0.5) is 0 Å². The molecule has 1 aliphatic heterocycles. The molecule has 0 aromatic carbocycles. The molecule has 1 atom stereocenters. The van der Waals surface area contributed by atoms with Gasteiger partial charge in [-0.3, -0.25) is 9.78 Å². The Morgan fingerprint density at radius 1 is 1.32 bits per heavy atom. The van der Waals surface area contributed by atoms with E-state index in [2.05, 4.69) is 20.1 Å². The Morgan fingerprint density at radius 2 is 2.25 bits per heavy atom. The van der Waals surface area contributed by atoms with Gasteiger partial charge in [-0.15, -0.1) is 0 Å². The number of nitrogens with zero attached hydrogens (tertiary/aromatic N) is 5. The zero-order valence-corrected chi connectivity index (χ0v) is 15.3. The van der Waals surface area contributed by atoms with Crippen LogP contribution in [0.25, 0.3) is 11.3 Å². The Kier molecular flexibility index (Phi) is 5.14.